The Morgan fingerprint density at radius 1 is 1.38 bits per heavy atom. The van der Waals surface area contributed by atoms with Crippen LogP contribution in [-0.2, 0) is 0 Å². The van der Waals surface area contributed by atoms with Gasteiger partial charge in [-0.15, -0.1) is 0 Å². The van der Waals surface area contributed by atoms with Crippen molar-refractivity contribution in [3.8, 4) is 5.75 Å². The van der Waals surface area contributed by atoms with Crippen LogP contribution >= 0.6 is 0 Å². The van der Waals surface area contributed by atoms with E-state index in [0.29, 0.717) is 6.61 Å². The van der Waals surface area contributed by atoms with Gasteiger partial charge in [0.05, 0.1) is 0 Å². The summed E-state index contributed by atoms with van der Waals surface area (Å²) in [6.45, 7) is 6.15. The molecule has 0 heterocycles. The van der Waals surface area contributed by atoms with Gasteiger partial charge in [0.1, 0.15) is 12.4 Å². The monoisotopic (exact) mass is 174 g/mol. The highest BCUT2D eigenvalue weighted by molar-refractivity contribution is 5.56. The molecule has 0 saturated heterocycles. The van der Waals surface area contributed by atoms with Crippen LogP contribution in [0.2, 0.25) is 0 Å². The van der Waals surface area contributed by atoms with E-state index in [0.717, 1.165) is 11.3 Å². The first kappa shape index (κ1) is 9.59. The molecule has 0 aliphatic heterocycles. The van der Waals surface area contributed by atoms with E-state index >= 15 is 0 Å². The van der Waals surface area contributed by atoms with Gasteiger partial charge in [0, 0.05) is 5.56 Å². The molecule has 0 atom stereocenters. The summed E-state index contributed by atoms with van der Waals surface area (Å²) in [5.41, 5.74) is 1.10. The standard InChI is InChI=1S/C12H14O/c1-3-7-11-8-5-6-9-12(11)13-10-4-2/h3-9H,2,10H2,1H3/b7-3+. The Hall–Kier alpha value is -1.50. The molecule has 0 aliphatic rings. The Balaban J connectivity index is 2.83. The zero-order chi connectivity index (χ0) is 9.52. The predicted octanol–water partition coefficient (Wildman–Crippen LogP) is 3.28. The minimum atomic E-state index is 0.550. The van der Waals surface area contributed by atoms with Crippen LogP contribution in [0, 0.1) is 0 Å². The van der Waals surface area contributed by atoms with Crippen molar-refractivity contribution in [3.63, 3.8) is 0 Å². The number of allylic oxidation sites excluding steroid dienone is 1. The molecule has 0 bridgehead atoms. The average Bonchev–Trinajstić information content (AvgIpc) is 2.17. The minimum Gasteiger partial charge on any atom is -0.489 e. The summed E-state index contributed by atoms with van der Waals surface area (Å²) in [5, 5.41) is 0. The molecule has 1 heteroatoms. The fraction of sp³-hybridized carbons (Fsp3) is 0.167. The number of rotatable bonds is 4. The predicted molar refractivity (Wildman–Crippen MR) is 56.8 cm³/mol. The lowest BCUT2D eigenvalue weighted by molar-refractivity contribution is 0.362. The molecule has 13 heavy (non-hydrogen) atoms. The van der Waals surface area contributed by atoms with E-state index in [1.165, 1.54) is 0 Å². The highest BCUT2D eigenvalue weighted by atomic mass is 16.5. The number of ether oxygens (including phenoxy) is 1. The van der Waals surface area contributed by atoms with Crippen LogP contribution in [0.5, 0.6) is 5.75 Å². The van der Waals surface area contributed by atoms with Crippen molar-refractivity contribution in [2.24, 2.45) is 0 Å². The maximum atomic E-state index is 5.47. The van der Waals surface area contributed by atoms with Crippen LogP contribution < -0.4 is 4.74 Å². The van der Waals surface area contributed by atoms with E-state index in [1.54, 1.807) is 6.08 Å². The third-order valence-corrected chi connectivity index (χ3v) is 1.62. The summed E-state index contributed by atoms with van der Waals surface area (Å²) in [7, 11) is 0. The normalized spacial score (nSPS) is 10.2. The van der Waals surface area contributed by atoms with Crippen molar-refractivity contribution in [2.45, 2.75) is 6.92 Å². The number of para-hydroxylation sites is 1. The van der Waals surface area contributed by atoms with Crippen molar-refractivity contribution < 1.29 is 4.74 Å². The molecular weight excluding hydrogens is 160 g/mol. The smallest absolute Gasteiger partial charge is 0.126 e. The summed E-state index contributed by atoms with van der Waals surface area (Å²) in [5.74, 6) is 0.903. The lowest BCUT2D eigenvalue weighted by Gasteiger charge is -2.05. The van der Waals surface area contributed by atoms with Crippen LogP contribution in [0.3, 0.4) is 0 Å². The van der Waals surface area contributed by atoms with E-state index in [9.17, 15) is 0 Å². The number of hydrogen-bond donors (Lipinski definition) is 0. The molecular formula is C12H14O. The second-order valence-corrected chi connectivity index (χ2v) is 2.64. The quantitative estimate of drug-likeness (QED) is 0.636. The first-order chi connectivity index (χ1) is 6.38. The molecule has 0 aromatic heterocycles. The van der Waals surface area contributed by atoms with Gasteiger partial charge in [-0.2, -0.15) is 0 Å². The second-order valence-electron chi connectivity index (χ2n) is 2.64. The van der Waals surface area contributed by atoms with E-state index in [-0.39, 0.29) is 0 Å². The first-order valence-electron chi connectivity index (χ1n) is 4.34. The molecule has 0 aliphatic carbocycles. The Morgan fingerprint density at radius 2 is 2.15 bits per heavy atom. The zero-order valence-electron chi connectivity index (χ0n) is 7.86. The van der Waals surface area contributed by atoms with Crippen molar-refractivity contribution in [1.29, 1.82) is 0 Å². The van der Waals surface area contributed by atoms with Crippen LogP contribution in [0.1, 0.15) is 12.5 Å². The Kier molecular flexibility index (Phi) is 3.83. The maximum absolute atomic E-state index is 5.47. The molecule has 0 unspecified atom stereocenters. The van der Waals surface area contributed by atoms with Gasteiger partial charge in [-0.3, -0.25) is 0 Å². The third-order valence-electron chi connectivity index (χ3n) is 1.62. The van der Waals surface area contributed by atoms with E-state index in [1.807, 2.05) is 43.3 Å². The van der Waals surface area contributed by atoms with Gasteiger partial charge < -0.3 is 4.74 Å². The fourth-order valence-corrected chi connectivity index (χ4v) is 1.08. The van der Waals surface area contributed by atoms with Crippen LogP contribution in [-0.4, -0.2) is 6.61 Å². The molecule has 0 saturated carbocycles. The van der Waals surface area contributed by atoms with Crippen LogP contribution in [0.25, 0.3) is 6.08 Å². The summed E-state index contributed by atoms with van der Waals surface area (Å²) in [6.07, 6.45) is 5.76. The molecule has 0 N–H and O–H groups in total. The summed E-state index contributed by atoms with van der Waals surface area (Å²) in [4.78, 5) is 0. The minimum absolute atomic E-state index is 0.550. The zero-order valence-corrected chi connectivity index (χ0v) is 7.86. The molecule has 68 valence electrons. The highest BCUT2D eigenvalue weighted by Gasteiger charge is 1.96. The lowest BCUT2D eigenvalue weighted by atomic mass is 10.2. The first-order valence-corrected chi connectivity index (χ1v) is 4.34. The summed E-state index contributed by atoms with van der Waals surface area (Å²) in [6, 6.07) is 7.94. The summed E-state index contributed by atoms with van der Waals surface area (Å²) < 4.78 is 5.47. The topological polar surface area (TPSA) is 9.23 Å². The van der Waals surface area contributed by atoms with E-state index < -0.39 is 0 Å². The number of hydrogen-bond acceptors (Lipinski definition) is 1. The maximum Gasteiger partial charge on any atom is 0.126 e. The molecule has 1 aromatic rings. The largest absolute Gasteiger partial charge is 0.489 e. The van der Waals surface area contributed by atoms with Crippen LogP contribution in [0.4, 0.5) is 0 Å². The summed E-state index contributed by atoms with van der Waals surface area (Å²) >= 11 is 0. The van der Waals surface area contributed by atoms with Gasteiger partial charge >= 0.3 is 0 Å². The Morgan fingerprint density at radius 3 is 2.85 bits per heavy atom. The van der Waals surface area contributed by atoms with Gasteiger partial charge in [-0.05, 0) is 13.0 Å². The van der Waals surface area contributed by atoms with Gasteiger partial charge in [-0.25, -0.2) is 0 Å². The molecule has 0 spiro atoms. The van der Waals surface area contributed by atoms with Gasteiger partial charge in [0.2, 0.25) is 0 Å². The van der Waals surface area contributed by atoms with Gasteiger partial charge in [-0.1, -0.05) is 43.0 Å². The van der Waals surface area contributed by atoms with Crippen molar-refractivity contribution in [3.05, 3.63) is 48.6 Å². The molecule has 1 aromatic carbocycles. The average molecular weight is 174 g/mol. The van der Waals surface area contributed by atoms with Gasteiger partial charge in [0.15, 0.2) is 0 Å². The Labute approximate surface area is 79.4 Å². The molecule has 0 radical (unpaired) electrons. The van der Waals surface area contributed by atoms with Crippen molar-refractivity contribution in [2.75, 3.05) is 6.61 Å². The number of benzene rings is 1. The van der Waals surface area contributed by atoms with Crippen molar-refractivity contribution >= 4 is 6.08 Å². The molecule has 1 rings (SSSR count). The molecule has 1 nitrogen and oxygen atoms in total. The Bertz CT molecular complexity index is 300. The molecule has 0 fully saturated rings. The van der Waals surface area contributed by atoms with E-state index in [2.05, 4.69) is 6.58 Å². The second kappa shape index (κ2) is 5.20. The molecule has 0 amide bonds. The van der Waals surface area contributed by atoms with Crippen molar-refractivity contribution in [1.82, 2.24) is 0 Å². The van der Waals surface area contributed by atoms with Crippen LogP contribution in [0.15, 0.2) is 43.0 Å². The third kappa shape index (κ3) is 2.79. The van der Waals surface area contributed by atoms with E-state index in [4.69, 9.17) is 4.74 Å². The SMILES string of the molecule is C=CCOc1ccccc1/C=C/C. The van der Waals surface area contributed by atoms with Gasteiger partial charge in [0.25, 0.3) is 0 Å². The fourth-order valence-electron chi connectivity index (χ4n) is 1.08. The highest BCUT2D eigenvalue weighted by Crippen LogP contribution is 2.19. The lowest BCUT2D eigenvalue weighted by Crippen LogP contribution is -1.94.